The summed E-state index contributed by atoms with van der Waals surface area (Å²) in [6.07, 6.45) is 5.04. The number of nitrogens with zero attached hydrogens (tertiary/aromatic N) is 4. The Morgan fingerprint density at radius 2 is 1.62 bits per heavy atom. The van der Waals surface area contributed by atoms with Gasteiger partial charge in [-0.15, -0.1) is 0 Å². The minimum absolute atomic E-state index is 0.578. The number of hydrogen-bond acceptors (Lipinski definition) is 5. The van der Waals surface area contributed by atoms with Crippen molar-refractivity contribution in [1.82, 2.24) is 15.3 Å². The SMILES string of the molecule is CCNC(=S)Nc1nc(N2CCCC(C)C2)cc(N2CCCC(C)C2)n1. The highest BCUT2D eigenvalue weighted by molar-refractivity contribution is 7.80. The van der Waals surface area contributed by atoms with E-state index in [4.69, 9.17) is 22.2 Å². The van der Waals surface area contributed by atoms with Crippen LogP contribution >= 0.6 is 12.2 Å². The standard InChI is InChI=1S/C19H32N6S/c1-4-20-19(26)23-18-21-16(24-9-5-7-14(2)12-24)11-17(22-18)25-10-6-8-15(3)13-25/h11,14-15H,4-10,12-13H2,1-3H3,(H2,20,21,22,23,26). The molecule has 3 heterocycles. The number of anilines is 3. The van der Waals surface area contributed by atoms with Gasteiger partial charge in [0, 0.05) is 38.8 Å². The molecular formula is C19H32N6S. The molecule has 0 radical (unpaired) electrons. The van der Waals surface area contributed by atoms with Crippen LogP contribution in [0.3, 0.4) is 0 Å². The van der Waals surface area contributed by atoms with Crippen LogP contribution in [0, 0.1) is 11.8 Å². The molecule has 0 spiro atoms. The predicted molar refractivity (Wildman–Crippen MR) is 113 cm³/mol. The lowest BCUT2D eigenvalue weighted by atomic mass is 10.00. The Morgan fingerprint density at radius 1 is 1.08 bits per heavy atom. The largest absolute Gasteiger partial charge is 0.363 e. The van der Waals surface area contributed by atoms with E-state index in [-0.39, 0.29) is 0 Å². The first kappa shape index (κ1) is 19.1. The lowest BCUT2D eigenvalue weighted by Crippen LogP contribution is -2.37. The Labute approximate surface area is 162 Å². The summed E-state index contributed by atoms with van der Waals surface area (Å²) in [5, 5.41) is 6.87. The molecule has 0 aliphatic carbocycles. The van der Waals surface area contributed by atoms with Crippen LogP contribution in [0.2, 0.25) is 0 Å². The van der Waals surface area contributed by atoms with Gasteiger partial charge in [0.1, 0.15) is 11.6 Å². The number of thiocarbonyl (C=S) groups is 1. The fourth-order valence-electron chi connectivity index (χ4n) is 3.90. The smallest absolute Gasteiger partial charge is 0.232 e. The van der Waals surface area contributed by atoms with Crippen molar-refractivity contribution in [1.29, 1.82) is 0 Å². The average Bonchev–Trinajstić information content (AvgIpc) is 2.61. The van der Waals surface area contributed by atoms with E-state index < -0.39 is 0 Å². The van der Waals surface area contributed by atoms with Gasteiger partial charge in [0.05, 0.1) is 0 Å². The maximum Gasteiger partial charge on any atom is 0.232 e. The molecule has 2 aliphatic rings. The molecule has 1 aromatic rings. The highest BCUT2D eigenvalue weighted by Crippen LogP contribution is 2.28. The summed E-state index contributed by atoms with van der Waals surface area (Å²) in [6, 6.07) is 2.16. The Morgan fingerprint density at radius 3 is 2.08 bits per heavy atom. The van der Waals surface area contributed by atoms with Gasteiger partial charge in [-0.05, 0) is 56.7 Å². The minimum Gasteiger partial charge on any atom is -0.363 e. The van der Waals surface area contributed by atoms with E-state index in [2.05, 4.69) is 40.3 Å². The van der Waals surface area contributed by atoms with Crippen LogP contribution in [0.25, 0.3) is 0 Å². The van der Waals surface area contributed by atoms with Crippen molar-refractivity contribution in [2.24, 2.45) is 11.8 Å². The number of hydrogen-bond donors (Lipinski definition) is 2. The summed E-state index contributed by atoms with van der Waals surface area (Å²) in [6.45, 7) is 11.7. The van der Waals surface area contributed by atoms with Gasteiger partial charge in [-0.1, -0.05) is 13.8 Å². The van der Waals surface area contributed by atoms with Gasteiger partial charge in [0.2, 0.25) is 5.95 Å². The van der Waals surface area contributed by atoms with Gasteiger partial charge in [-0.2, -0.15) is 9.97 Å². The topological polar surface area (TPSA) is 56.3 Å². The van der Waals surface area contributed by atoms with Crippen molar-refractivity contribution in [3.8, 4) is 0 Å². The molecule has 26 heavy (non-hydrogen) atoms. The van der Waals surface area contributed by atoms with Crippen LogP contribution in [0.1, 0.15) is 46.5 Å². The third kappa shape index (κ3) is 4.96. The predicted octanol–water partition coefficient (Wildman–Crippen LogP) is 3.26. The third-order valence-electron chi connectivity index (χ3n) is 5.22. The summed E-state index contributed by atoms with van der Waals surface area (Å²) in [4.78, 5) is 14.3. The molecule has 1 aromatic heterocycles. The zero-order chi connectivity index (χ0) is 18.5. The number of piperidine rings is 2. The Kier molecular flexibility index (Phi) is 6.51. The fraction of sp³-hybridized carbons (Fsp3) is 0.737. The molecule has 7 heteroatoms. The van der Waals surface area contributed by atoms with Gasteiger partial charge < -0.3 is 20.4 Å². The van der Waals surface area contributed by atoms with Crippen molar-refractivity contribution < 1.29 is 0 Å². The monoisotopic (exact) mass is 376 g/mol. The second-order valence-corrected chi connectivity index (χ2v) is 8.19. The molecule has 2 saturated heterocycles. The Bertz CT molecular complexity index is 582. The summed E-state index contributed by atoms with van der Waals surface area (Å²) in [7, 11) is 0. The zero-order valence-electron chi connectivity index (χ0n) is 16.3. The first-order valence-corrected chi connectivity index (χ1v) is 10.4. The van der Waals surface area contributed by atoms with E-state index in [1.165, 1.54) is 25.7 Å². The molecule has 144 valence electrons. The molecule has 2 atom stereocenters. The summed E-state index contributed by atoms with van der Waals surface area (Å²) >= 11 is 5.34. The quantitative estimate of drug-likeness (QED) is 0.782. The van der Waals surface area contributed by atoms with Crippen LogP contribution in [0.4, 0.5) is 17.6 Å². The first-order valence-electron chi connectivity index (χ1n) is 9.99. The molecule has 2 fully saturated rings. The molecule has 0 bridgehead atoms. The summed E-state index contributed by atoms with van der Waals surface area (Å²) < 4.78 is 0. The maximum absolute atomic E-state index is 5.34. The highest BCUT2D eigenvalue weighted by Gasteiger charge is 2.23. The van der Waals surface area contributed by atoms with Crippen molar-refractivity contribution in [3.05, 3.63) is 6.07 Å². The van der Waals surface area contributed by atoms with E-state index in [1.54, 1.807) is 0 Å². The van der Waals surface area contributed by atoms with Crippen LogP contribution in [0.15, 0.2) is 6.07 Å². The Balaban J connectivity index is 1.86. The lowest BCUT2D eigenvalue weighted by molar-refractivity contribution is 0.441. The first-order chi connectivity index (χ1) is 12.5. The van der Waals surface area contributed by atoms with Gasteiger partial charge in [-0.3, -0.25) is 0 Å². The van der Waals surface area contributed by atoms with Gasteiger partial charge in [0.15, 0.2) is 5.11 Å². The van der Waals surface area contributed by atoms with E-state index in [0.29, 0.717) is 22.9 Å². The van der Waals surface area contributed by atoms with Crippen molar-refractivity contribution >= 4 is 34.9 Å². The average molecular weight is 377 g/mol. The van der Waals surface area contributed by atoms with E-state index in [9.17, 15) is 0 Å². The minimum atomic E-state index is 0.578. The lowest BCUT2D eigenvalue weighted by Gasteiger charge is -2.35. The number of rotatable bonds is 4. The van der Waals surface area contributed by atoms with E-state index in [1.807, 2.05) is 6.92 Å². The fourth-order valence-corrected chi connectivity index (χ4v) is 4.14. The number of nitrogens with one attached hydrogen (secondary N) is 2. The maximum atomic E-state index is 5.34. The highest BCUT2D eigenvalue weighted by atomic mass is 32.1. The molecular weight excluding hydrogens is 344 g/mol. The second kappa shape index (κ2) is 8.84. The summed E-state index contributed by atoms with van der Waals surface area (Å²) in [5.74, 6) is 4.04. The van der Waals surface area contributed by atoms with Crippen LogP contribution in [-0.4, -0.2) is 47.8 Å². The molecule has 2 N–H and O–H groups in total. The van der Waals surface area contributed by atoms with Gasteiger partial charge >= 0.3 is 0 Å². The zero-order valence-corrected chi connectivity index (χ0v) is 17.1. The summed E-state index contributed by atoms with van der Waals surface area (Å²) in [5.41, 5.74) is 0. The molecule has 2 aliphatic heterocycles. The number of aromatic nitrogens is 2. The molecule has 0 amide bonds. The van der Waals surface area contributed by atoms with Crippen molar-refractivity contribution in [2.75, 3.05) is 47.8 Å². The second-order valence-electron chi connectivity index (χ2n) is 7.78. The van der Waals surface area contributed by atoms with Crippen molar-refractivity contribution in [2.45, 2.75) is 46.5 Å². The van der Waals surface area contributed by atoms with Crippen LogP contribution < -0.4 is 20.4 Å². The van der Waals surface area contributed by atoms with Gasteiger partial charge in [0.25, 0.3) is 0 Å². The van der Waals surface area contributed by atoms with Crippen molar-refractivity contribution in [3.63, 3.8) is 0 Å². The van der Waals surface area contributed by atoms with E-state index in [0.717, 1.165) is 44.4 Å². The molecule has 0 saturated carbocycles. The molecule has 6 nitrogen and oxygen atoms in total. The Hall–Kier alpha value is -1.63. The van der Waals surface area contributed by atoms with Crippen LogP contribution in [-0.2, 0) is 0 Å². The normalized spacial score (nSPS) is 23.7. The molecule has 0 aromatic carbocycles. The van der Waals surface area contributed by atoms with Crippen LogP contribution in [0.5, 0.6) is 0 Å². The van der Waals surface area contributed by atoms with E-state index >= 15 is 0 Å². The molecule has 2 unspecified atom stereocenters. The molecule has 3 rings (SSSR count). The third-order valence-corrected chi connectivity index (χ3v) is 5.47. The van der Waals surface area contributed by atoms with Gasteiger partial charge in [-0.25, -0.2) is 0 Å².